The summed E-state index contributed by atoms with van der Waals surface area (Å²) in [6.45, 7) is 1.29. The summed E-state index contributed by atoms with van der Waals surface area (Å²) in [5.41, 5.74) is 0. The van der Waals surface area contributed by atoms with Gasteiger partial charge < -0.3 is 10.2 Å². The first-order valence-electron chi connectivity index (χ1n) is 5.50. The van der Waals surface area contributed by atoms with E-state index in [-0.39, 0.29) is 12.5 Å². The summed E-state index contributed by atoms with van der Waals surface area (Å²) >= 11 is 1.52. The van der Waals surface area contributed by atoms with Crippen LogP contribution in [0.15, 0.2) is 17.5 Å². The zero-order chi connectivity index (χ0) is 13.6. The standard InChI is InChI=1S/C11H15F3N2OS/c1-2-16(7-9-4-3-5-18-9)10(17)6-15-8-11(12,13)14/h3-5,15H,2,6-8H2,1H3. The molecule has 0 saturated heterocycles. The van der Waals surface area contributed by atoms with Crippen LogP contribution < -0.4 is 5.32 Å². The van der Waals surface area contributed by atoms with E-state index in [1.807, 2.05) is 17.5 Å². The van der Waals surface area contributed by atoms with Gasteiger partial charge in [-0.05, 0) is 18.4 Å². The molecular weight excluding hydrogens is 265 g/mol. The number of halogens is 3. The van der Waals surface area contributed by atoms with Crippen molar-refractivity contribution in [2.24, 2.45) is 0 Å². The van der Waals surface area contributed by atoms with Crippen LogP contribution >= 0.6 is 11.3 Å². The van der Waals surface area contributed by atoms with Crippen molar-refractivity contribution in [1.82, 2.24) is 10.2 Å². The maximum Gasteiger partial charge on any atom is 0.401 e. The van der Waals surface area contributed by atoms with Crippen LogP contribution in [0.3, 0.4) is 0 Å². The molecule has 3 nitrogen and oxygen atoms in total. The predicted molar refractivity (Wildman–Crippen MR) is 64.3 cm³/mol. The van der Waals surface area contributed by atoms with Gasteiger partial charge in [-0.2, -0.15) is 13.2 Å². The van der Waals surface area contributed by atoms with Crippen LogP contribution in [0.4, 0.5) is 13.2 Å². The van der Waals surface area contributed by atoms with Crippen molar-refractivity contribution in [3.8, 4) is 0 Å². The van der Waals surface area contributed by atoms with E-state index in [4.69, 9.17) is 0 Å². The highest BCUT2D eigenvalue weighted by atomic mass is 32.1. The Bertz CT molecular complexity index is 365. The average molecular weight is 280 g/mol. The number of alkyl halides is 3. The lowest BCUT2D eigenvalue weighted by molar-refractivity contribution is -0.134. The van der Waals surface area contributed by atoms with Gasteiger partial charge in [-0.25, -0.2) is 0 Å². The minimum atomic E-state index is -4.29. The van der Waals surface area contributed by atoms with Crippen molar-refractivity contribution in [1.29, 1.82) is 0 Å². The van der Waals surface area contributed by atoms with Crippen LogP contribution in [0.2, 0.25) is 0 Å². The lowest BCUT2D eigenvalue weighted by Crippen LogP contribution is -2.40. The molecule has 0 aromatic carbocycles. The SMILES string of the molecule is CCN(Cc1cccs1)C(=O)CNCC(F)(F)F. The molecule has 1 aromatic heterocycles. The van der Waals surface area contributed by atoms with E-state index in [1.54, 1.807) is 6.92 Å². The van der Waals surface area contributed by atoms with Gasteiger partial charge in [0.05, 0.1) is 19.6 Å². The number of thiophene rings is 1. The summed E-state index contributed by atoms with van der Waals surface area (Å²) < 4.78 is 35.7. The second kappa shape index (κ2) is 6.75. The molecule has 0 unspecified atom stereocenters. The Labute approximate surface area is 108 Å². The second-order valence-corrected chi connectivity index (χ2v) is 4.74. The van der Waals surface area contributed by atoms with Crippen LogP contribution in [0.1, 0.15) is 11.8 Å². The van der Waals surface area contributed by atoms with E-state index >= 15 is 0 Å². The number of hydrogen-bond donors (Lipinski definition) is 1. The summed E-state index contributed by atoms with van der Waals surface area (Å²) in [6, 6.07) is 3.77. The van der Waals surface area contributed by atoms with Crippen molar-refractivity contribution < 1.29 is 18.0 Å². The first-order chi connectivity index (χ1) is 8.42. The van der Waals surface area contributed by atoms with Crippen molar-refractivity contribution in [2.45, 2.75) is 19.6 Å². The molecule has 0 aliphatic heterocycles. The molecule has 0 fully saturated rings. The van der Waals surface area contributed by atoms with Crippen molar-refractivity contribution >= 4 is 17.2 Å². The van der Waals surface area contributed by atoms with Crippen molar-refractivity contribution in [3.63, 3.8) is 0 Å². The molecule has 0 atom stereocenters. The third-order valence-corrected chi connectivity index (χ3v) is 3.12. The molecule has 18 heavy (non-hydrogen) atoms. The van der Waals surface area contributed by atoms with Crippen molar-refractivity contribution in [3.05, 3.63) is 22.4 Å². The largest absolute Gasteiger partial charge is 0.401 e. The van der Waals surface area contributed by atoms with E-state index in [0.29, 0.717) is 13.1 Å². The number of nitrogens with one attached hydrogen (secondary N) is 1. The highest BCUT2D eigenvalue weighted by Crippen LogP contribution is 2.13. The Kier molecular flexibility index (Phi) is 5.61. The number of carbonyl (C=O) groups is 1. The molecule has 1 rings (SSSR count). The lowest BCUT2D eigenvalue weighted by atomic mass is 10.4. The highest BCUT2D eigenvalue weighted by Gasteiger charge is 2.26. The summed E-state index contributed by atoms with van der Waals surface area (Å²) in [4.78, 5) is 14.2. The highest BCUT2D eigenvalue weighted by molar-refractivity contribution is 7.09. The molecule has 0 saturated carbocycles. The second-order valence-electron chi connectivity index (χ2n) is 3.71. The normalized spacial score (nSPS) is 11.6. The minimum Gasteiger partial charge on any atom is -0.337 e. The van der Waals surface area contributed by atoms with Crippen molar-refractivity contribution in [2.75, 3.05) is 19.6 Å². The zero-order valence-corrected chi connectivity index (χ0v) is 10.8. The number of amides is 1. The van der Waals surface area contributed by atoms with E-state index in [2.05, 4.69) is 5.32 Å². The van der Waals surface area contributed by atoms with Gasteiger partial charge in [0, 0.05) is 11.4 Å². The average Bonchev–Trinajstić information content (AvgIpc) is 2.76. The number of likely N-dealkylation sites (N-methyl/N-ethyl adjacent to an activating group) is 1. The Balaban J connectivity index is 2.38. The quantitative estimate of drug-likeness (QED) is 0.867. The van der Waals surface area contributed by atoms with Crippen LogP contribution in [0, 0.1) is 0 Å². The molecule has 102 valence electrons. The van der Waals surface area contributed by atoms with Gasteiger partial charge >= 0.3 is 6.18 Å². The fourth-order valence-electron chi connectivity index (χ4n) is 1.39. The summed E-state index contributed by atoms with van der Waals surface area (Å²) in [6.07, 6.45) is -4.29. The Morgan fingerprint density at radius 3 is 2.72 bits per heavy atom. The maximum absolute atomic E-state index is 11.9. The first kappa shape index (κ1) is 15.0. The molecule has 1 heterocycles. The first-order valence-corrected chi connectivity index (χ1v) is 6.38. The van der Waals surface area contributed by atoms with Gasteiger partial charge in [0.25, 0.3) is 0 Å². The van der Waals surface area contributed by atoms with Gasteiger partial charge in [0.2, 0.25) is 5.91 Å². The Morgan fingerprint density at radius 1 is 1.50 bits per heavy atom. The molecule has 1 N–H and O–H groups in total. The molecular formula is C11H15F3N2OS. The number of nitrogens with zero attached hydrogens (tertiary/aromatic N) is 1. The summed E-state index contributed by atoms with van der Waals surface area (Å²) in [5, 5.41) is 4.01. The minimum absolute atomic E-state index is 0.293. The van der Waals surface area contributed by atoms with Gasteiger partial charge in [0.15, 0.2) is 0 Å². The smallest absolute Gasteiger partial charge is 0.337 e. The van der Waals surface area contributed by atoms with Crippen LogP contribution in [-0.4, -0.2) is 36.6 Å². The lowest BCUT2D eigenvalue weighted by Gasteiger charge is -2.20. The van der Waals surface area contributed by atoms with E-state index in [0.717, 1.165) is 4.88 Å². The number of rotatable bonds is 6. The topological polar surface area (TPSA) is 32.3 Å². The summed E-state index contributed by atoms with van der Waals surface area (Å²) in [7, 11) is 0. The molecule has 0 aliphatic rings. The monoisotopic (exact) mass is 280 g/mol. The third kappa shape index (κ3) is 5.50. The fraction of sp³-hybridized carbons (Fsp3) is 0.545. The van der Waals surface area contributed by atoms with E-state index in [9.17, 15) is 18.0 Å². The van der Waals surface area contributed by atoms with Gasteiger partial charge in [-0.15, -0.1) is 11.3 Å². The molecule has 0 spiro atoms. The predicted octanol–water partition coefficient (Wildman–Crippen LogP) is 2.25. The van der Waals surface area contributed by atoms with E-state index < -0.39 is 12.7 Å². The fourth-order valence-corrected chi connectivity index (χ4v) is 2.11. The Hall–Kier alpha value is -1.08. The van der Waals surface area contributed by atoms with Crippen LogP contribution in [0.25, 0.3) is 0 Å². The molecule has 0 bridgehead atoms. The van der Waals surface area contributed by atoms with Gasteiger partial charge in [-0.1, -0.05) is 6.07 Å². The zero-order valence-electron chi connectivity index (χ0n) is 9.96. The third-order valence-electron chi connectivity index (χ3n) is 2.26. The molecule has 7 heteroatoms. The molecule has 1 aromatic rings. The van der Waals surface area contributed by atoms with Crippen LogP contribution in [-0.2, 0) is 11.3 Å². The summed E-state index contributed by atoms with van der Waals surface area (Å²) in [5.74, 6) is -0.324. The van der Waals surface area contributed by atoms with Gasteiger partial charge in [-0.3, -0.25) is 4.79 Å². The molecule has 0 radical (unpaired) electrons. The molecule has 0 aliphatic carbocycles. The van der Waals surface area contributed by atoms with Gasteiger partial charge in [0.1, 0.15) is 0 Å². The number of carbonyl (C=O) groups excluding carboxylic acids is 1. The molecule has 1 amide bonds. The maximum atomic E-state index is 11.9. The number of hydrogen-bond acceptors (Lipinski definition) is 3. The Morgan fingerprint density at radius 2 is 2.22 bits per heavy atom. The van der Waals surface area contributed by atoms with E-state index in [1.165, 1.54) is 16.2 Å². The van der Waals surface area contributed by atoms with Crippen LogP contribution in [0.5, 0.6) is 0 Å².